The van der Waals surface area contributed by atoms with Crippen molar-refractivity contribution >= 4 is 21.5 Å². The molecule has 0 bridgehead atoms. The van der Waals surface area contributed by atoms with Gasteiger partial charge in [-0.15, -0.1) is 0 Å². The van der Waals surface area contributed by atoms with Gasteiger partial charge in [0.15, 0.2) is 0 Å². The van der Waals surface area contributed by atoms with Gasteiger partial charge in [-0.2, -0.15) is 0 Å². The molecule has 146 valence electrons. The second-order valence-electron chi connectivity index (χ2n) is 6.14. The number of rotatable bonds is 10. The molecule has 28 heavy (non-hydrogen) atoms. The number of ether oxygens (including phenoxy) is 1. The third kappa shape index (κ3) is 5.99. The second-order valence-corrected chi connectivity index (χ2v) is 7.83. The van der Waals surface area contributed by atoms with Gasteiger partial charge in [0.25, 0.3) is 10.0 Å². The zero-order valence-corrected chi connectivity index (χ0v) is 16.2. The average Bonchev–Trinajstić information content (AvgIpc) is 2.72. The third-order valence-corrected chi connectivity index (χ3v) is 5.33. The predicted molar refractivity (Wildman–Crippen MR) is 111 cm³/mol. The van der Waals surface area contributed by atoms with Crippen LogP contribution in [0.4, 0.5) is 11.5 Å². The number of benzene rings is 2. The van der Waals surface area contributed by atoms with E-state index in [1.807, 2.05) is 24.3 Å². The van der Waals surface area contributed by atoms with Crippen LogP contribution in [0.3, 0.4) is 0 Å². The highest BCUT2D eigenvalue weighted by atomic mass is 32.2. The van der Waals surface area contributed by atoms with Crippen LogP contribution in [-0.4, -0.2) is 26.6 Å². The highest BCUT2D eigenvalue weighted by molar-refractivity contribution is 7.92. The summed E-state index contributed by atoms with van der Waals surface area (Å²) in [5, 5.41) is 3.24. The van der Waals surface area contributed by atoms with E-state index in [1.165, 1.54) is 6.07 Å². The Balaban J connectivity index is 1.46. The largest absolute Gasteiger partial charge is 0.494 e. The van der Waals surface area contributed by atoms with Gasteiger partial charge in [-0.1, -0.05) is 30.3 Å². The lowest BCUT2D eigenvalue weighted by Crippen LogP contribution is -2.13. The van der Waals surface area contributed by atoms with Crippen molar-refractivity contribution in [2.45, 2.75) is 17.7 Å². The summed E-state index contributed by atoms with van der Waals surface area (Å²) in [4.78, 5) is 4.37. The van der Waals surface area contributed by atoms with Gasteiger partial charge in [0.05, 0.1) is 11.5 Å². The lowest BCUT2D eigenvalue weighted by molar-refractivity contribution is 0.307. The summed E-state index contributed by atoms with van der Waals surface area (Å²) in [6, 6.07) is 21.1. The zero-order valence-electron chi connectivity index (χ0n) is 15.4. The molecule has 6 nitrogen and oxygen atoms in total. The van der Waals surface area contributed by atoms with Crippen LogP contribution in [0, 0.1) is 0 Å². The summed E-state index contributed by atoms with van der Waals surface area (Å²) in [6.45, 7) is 1.31. The molecule has 7 heteroatoms. The lowest BCUT2D eigenvalue weighted by Gasteiger charge is -2.11. The fourth-order valence-corrected chi connectivity index (χ4v) is 3.65. The van der Waals surface area contributed by atoms with Gasteiger partial charge >= 0.3 is 0 Å². The number of para-hydroxylation sites is 1. The maximum Gasteiger partial charge on any atom is 0.262 e. The molecule has 0 atom stereocenters. The maximum absolute atomic E-state index is 12.5. The topological polar surface area (TPSA) is 80.3 Å². The Morgan fingerprint density at radius 2 is 1.71 bits per heavy atom. The van der Waals surface area contributed by atoms with E-state index in [4.69, 9.17) is 4.74 Å². The molecule has 0 saturated heterocycles. The van der Waals surface area contributed by atoms with Gasteiger partial charge in [-0.05, 0) is 49.2 Å². The lowest BCUT2D eigenvalue weighted by atomic mass is 10.3. The number of sulfonamides is 1. The van der Waals surface area contributed by atoms with E-state index < -0.39 is 10.0 Å². The van der Waals surface area contributed by atoms with Gasteiger partial charge in [-0.3, -0.25) is 4.72 Å². The van der Waals surface area contributed by atoms with Crippen LogP contribution in [0.2, 0.25) is 0 Å². The monoisotopic (exact) mass is 397 g/mol. The van der Waals surface area contributed by atoms with Crippen molar-refractivity contribution in [1.82, 2.24) is 4.98 Å². The number of aromatic nitrogens is 1. The number of unbranched alkanes of at least 4 members (excludes halogenated alkanes) is 1. The van der Waals surface area contributed by atoms with Crippen molar-refractivity contribution in [3.05, 3.63) is 79.0 Å². The first-order valence-electron chi connectivity index (χ1n) is 9.09. The molecule has 0 radical (unpaired) electrons. The summed E-state index contributed by atoms with van der Waals surface area (Å²) in [5.41, 5.74) is 0.522. The first-order valence-corrected chi connectivity index (χ1v) is 10.6. The molecule has 3 aromatic rings. The molecular weight excluding hydrogens is 374 g/mol. The molecule has 0 aliphatic heterocycles. The number of anilines is 2. The summed E-state index contributed by atoms with van der Waals surface area (Å²) < 4.78 is 33.3. The number of nitrogens with one attached hydrogen (secondary N) is 2. The summed E-state index contributed by atoms with van der Waals surface area (Å²) in [7, 11) is -3.65. The van der Waals surface area contributed by atoms with E-state index >= 15 is 0 Å². The van der Waals surface area contributed by atoms with Crippen molar-refractivity contribution in [2.75, 3.05) is 23.2 Å². The molecule has 0 aliphatic carbocycles. The molecule has 1 heterocycles. The molecule has 0 saturated carbocycles. The van der Waals surface area contributed by atoms with E-state index in [-0.39, 0.29) is 4.90 Å². The smallest absolute Gasteiger partial charge is 0.262 e. The first-order chi connectivity index (χ1) is 13.6. The third-order valence-electron chi connectivity index (χ3n) is 3.95. The summed E-state index contributed by atoms with van der Waals surface area (Å²) in [5.74, 6) is 1.39. The highest BCUT2D eigenvalue weighted by Crippen LogP contribution is 2.20. The minimum Gasteiger partial charge on any atom is -0.494 e. The van der Waals surface area contributed by atoms with Crippen LogP contribution in [0.15, 0.2) is 83.9 Å². The minimum absolute atomic E-state index is 0.172. The van der Waals surface area contributed by atoms with Crippen LogP contribution in [0.5, 0.6) is 5.75 Å². The standard InChI is InChI=1S/C21H23N3O3S/c25-28(26,24-18-9-2-1-3-10-18)20-12-8-11-19(17-20)27-16-7-6-15-23-21-13-4-5-14-22-21/h1-5,8-14,17,24H,6-7,15-16H2,(H,22,23). The summed E-state index contributed by atoms with van der Waals surface area (Å²) >= 11 is 0. The van der Waals surface area contributed by atoms with E-state index in [9.17, 15) is 8.42 Å². The Morgan fingerprint density at radius 1 is 0.893 bits per heavy atom. The van der Waals surface area contributed by atoms with E-state index in [0.29, 0.717) is 18.0 Å². The molecule has 2 N–H and O–H groups in total. The molecule has 0 amide bonds. The Kier molecular flexibility index (Phi) is 6.86. The molecule has 1 aromatic heterocycles. The Morgan fingerprint density at radius 3 is 2.50 bits per heavy atom. The van der Waals surface area contributed by atoms with Crippen molar-refractivity contribution < 1.29 is 13.2 Å². The normalized spacial score (nSPS) is 11.0. The Hall–Kier alpha value is -3.06. The fraction of sp³-hybridized carbons (Fsp3) is 0.190. The molecule has 2 aromatic carbocycles. The average molecular weight is 398 g/mol. The molecule has 0 aliphatic rings. The van der Waals surface area contributed by atoms with Crippen molar-refractivity contribution in [1.29, 1.82) is 0 Å². The first kappa shape index (κ1) is 19.7. The van der Waals surface area contributed by atoms with Crippen LogP contribution in [0.25, 0.3) is 0 Å². The zero-order chi connectivity index (χ0) is 19.7. The van der Waals surface area contributed by atoms with Gasteiger partial charge in [0, 0.05) is 24.5 Å². The van der Waals surface area contributed by atoms with Crippen molar-refractivity contribution in [3.8, 4) is 5.75 Å². The molecular formula is C21H23N3O3S. The van der Waals surface area contributed by atoms with Gasteiger partial charge in [0.2, 0.25) is 0 Å². The molecule has 3 rings (SSSR count). The number of hydrogen-bond donors (Lipinski definition) is 2. The van der Waals surface area contributed by atoms with Crippen LogP contribution in [0.1, 0.15) is 12.8 Å². The predicted octanol–water partition coefficient (Wildman–Crippen LogP) is 4.15. The Labute approximate surface area is 165 Å². The number of pyridine rings is 1. The van der Waals surface area contributed by atoms with E-state index in [1.54, 1.807) is 48.7 Å². The van der Waals surface area contributed by atoms with Crippen LogP contribution in [-0.2, 0) is 10.0 Å². The maximum atomic E-state index is 12.5. The Bertz CT molecular complexity index is 964. The van der Waals surface area contributed by atoms with Crippen molar-refractivity contribution in [2.24, 2.45) is 0 Å². The van der Waals surface area contributed by atoms with Crippen LogP contribution >= 0.6 is 0 Å². The highest BCUT2D eigenvalue weighted by Gasteiger charge is 2.14. The van der Waals surface area contributed by atoms with Crippen molar-refractivity contribution in [3.63, 3.8) is 0 Å². The summed E-state index contributed by atoms with van der Waals surface area (Å²) in [6.07, 6.45) is 3.52. The molecule has 0 spiro atoms. The second kappa shape index (κ2) is 9.75. The van der Waals surface area contributed by atoms with E-state index in [0.717, 1.165) is 25.2 Å². The van der Waals surface area contributed by atoms with Crippen LogP contribution < -0.4 is 14.8 Å². The fourth-order valence-electron chi connectivity index (χ4n) is 2.55. The van der Waals surface area contributed by atoms with Gasteiger partial charge in [0.1, 0.15) is 11.6 Å². The minimum atomic E-state index is -3.65. The van der Waals surface area contributed by atoms with Gasteiger partial charge in [-0.25, -0.2) is 13.4 Å². The number of nitrogens with zero attached hydrogens (tertiary/aromatic N) is 1. The van der Waals surface area contributed by atoms with E-state index in [2.05, 4.69) is 15.0 Å². The number of hydrogen-bond acceptors (Lipinski definition) is 5. The SMILES string of the molecule is O=S(=O)(Nc1ccccc1)c1cccc(OCCCCNc2ccccn2)c1. The van der Waals surface area contributed by atoms with Gasteiger partial charge < -0.3 is 10.1 Å². The molecule has 0 fully saturated rings. The molecule has 0 unspecified atom stereocenters. The quantitative estimate of drug-likeness (QED) is 0.502.